The highest BCUT2D eigenvalue weighted by molar-refractivity contribution is 6.25. The molecule has 0 saturated heterocycles. The van der Waals surface area contributed by atoms with E-state index in [-0.39, 0.29) is 0 Å². The van der Waals surface area contributed by atoms with Crippen LogP contribution in [0.2, 0.25) is 0 Å². The van der Waals surface area contributed by atoms with Crippen LogP contribution in [0.5, 0.6) is 0 Å². The molecule has 0 spiro atoms. The Hall–Kier alpha value is -1.18. The topological polar surface area (TPSA) is 24.7 Å². The first kappa shape index (κ1) is 3.78. The van der Waals surface area contributed by atoms with Crippen LogP contribution in [-0.4, -0.2) is 11.9 Å². The van der Waals surface area contributed by atoms with Crippen LogP contribution in [0.4, 0.5) is 0 Å². The summed E-state index contributed by atoms with van der Waals surface area (Å²) >= 11 is 0. The third-order valence-electron chi connectivity index (χ3n) is 1.17. The summed E-state index contributed by atoms with van der Waals surface area (Å²) < 4.78 is 0. The lowest BCUT2D eigenvalue weighted by molar-refractivity contribution is 1.43. The van der Waals surface area contributed by atoms with Crippen molar-refractivity contribution in [1.29, 1.82) is 0 Å². The zero-order valence-corrected chi connectivity index (χ0v) is 4.20. The monoisotopic (exact) mass is 104 g/mol. The second-order valence-corrected chi connectivity index (χ2v) is 1.69. The molecule has 0 unspecified atom stereocenters. The number of hydrogen-bond donors (Lipinski definition) is 0. The van der Waals surface area contributed by atoms with Crippen molar-refractivity contribution in [3.63, 3.8) is 0 Å². The lowest BCUT2D eigenvalue weighted by Crippen LogP contribution is -2.08. The predicted octanol–water partition coefficient (Wildman–Crippen LogP) is 0.923. The molecule has 0 aromatic rings. The van der Waals surface area contributed by atoms with Crippen LogP contribution in [-0.2, 0) is 0 Å². The van der Waals surface area contributed by atoms with Crippen molar-refractivity contribution < 1.29 is 0 Å². The molecule has 0 aliphatic carbocycles. The van der Waals surface area contributed by atoms with Gasteiger partial charge in [0.25, 0.3) is 0 Å². The summed E-state index contributed by atoms with van der Waals surface area (Å²) in [7, 11) is 0. The molecule has 2 nitrogen and oxygen atoms in total. The van der Waals surface area contributed by atoms with Crippen LogP contribution in [0, 0.1) is 0 Å². The van der Waals surface area contributed by atoms with E-state index in [0.29, 0.717) is 0 Å². The van der Waals surface area contributed by atoms with Gasteiger partial charge in [0.2, 0.25) is 0 Å². The first-order chi connectivity index (χ1) is 3.97. The summed E-state index contributed by atoms with van der Waals surface area (Å²) in [6.07, 6.45) is 7.37. The van der Waals surface area contributed by atoms with Crippen molar-refractivity contribution in [3.8, 4) is 0 Å². The van der Waals surface area contributed by atoms with Gasteiger partial charge in [0.1, 0.15) is 0 Å². The molecular weight excluding hydrogens is 100 g/mol. The molecule has 2 aliphatic heterocycles. The Balaban J connectivity index is 2.19. The van der Waals surface area contributed by atoms with Crippen molar-refractivity contribution in [2.45, 2.75) is 0 Å². The van der Waals surface area contributed by atoms with Crippen LogP contribution < -0.4 is 0 Å². The fourth-order valence-corrected chi connectivity index (χ4v) is 0.601. The van der Waals surface area contributed by atoms with E-state index >= 15 is 0 Å². The number of allylic oxidation sites excluding steroid dienone is 2. The van der Waals surface area contributed by atoms with E-state index in [1.165, 1.54) is 0 Å². The van der Waals surface area contributed by atoms with Gasteiger partial charge in [-0.05, 0) is 6.08 Å². The highest BCUT2D eigenvalue weighted by atomic mass is 14.8. The molecule has 0 N–H and O–H groups in total. The summed E-state index contributed by atoms with van der Waals surface area (Å²) in [6, 6.07) is 0. The van der Waals surface area contributed by atoms with E-state index in [2.05, 4.69) is 9.98 Å². The molecule has 2 rings (SSSR count). The van der Waals surface area contributed by atoms with E-state index in [4.69, 9.17) is 0 Å². The van der Waals surface area contributed by atoms with Crippen LogP contribution in [0.15, 0.2) is 34.0 Å². The van der Waals surface area contributed by atoms with Crippen LogP contribution in [0.1, 0.15) is 0 Å². The lowest BCUT2D eigenvalue weighted by atomic mass is 10.1. The van der Waals surface area contributed by atoms with Gasteiger partial charge in [-0.1, -0.05) is 0 Å². The van der Waals surface area contributed by atoms with E-state index in [1.54, 1.807) is 6.20 Å². The molecular formula is C6H4N2. The van der Waals surface area contributed by atoms with Crippen molar-refractivity contribution >= 4 is 11.9 Å². The first-order valence-electron chi connectivity index (χ1n) is 2.45. The second kappa shape index (κ2) is 1.15. The summed E-state index contributed by atoms with van der Waals surface area (Å²) in [5.74, 6) is 0. The van der Waals surface area contributed by atoms with Gasteiger partial charge < -0.3 is 0 Å². The summed E-state index contributed by atoms with van der Waals surface area (Å²) in [5, 5.41) is 0. The van der Waals surface area contributed by atoms with Crippen LogP contribution >= 0.6 is 0 Å². The smallest absolute Gasteiger partial charge is 0.0748 e. The van der Waals surface area contributed by atoms with Gasteiger partial charge in [0.05, 0.1) is 5.71 Å². The Morgan fingerprint density at radius 1 is 1.38 bits per heavy atom. The van der Waals surface area contributed by atoms with Crippen LogP contribution in [0.25, 0.3) is 0 Å². The van der Waals surface area contributed by atoms with E-state index < -0.39 is 0 Å². The standard InChI is InChI=1S/C6H4N2/c1-2-8-6(1)5-3-7-4-5/h1-4H. The fraction of sp³-hybridized carbons (Fsp3) is 0. The third kappa shape index (κ3) is 0.320. The van der Waals surface area contributed by atoms with Gasteiger partial charge in [-0.2, -0.15) is 0 Å². The molecule has 0 amide bonds. The van der Waals surface area contributed by atoms with Crippen LogP contribution in [0.3, 0.4) is 0 Å². The maximum atomic E-state index is 3.97. The summed E-state index contributed by atoms with van der Waals surface area (Å²) in [6.45, 7) is 0. The molecule has 0 aromatic heterocycles. The molecule has 2 aliphatic rings. The van der Waals surface area contributed by atoms with Gasteiger partial charge in [0.15, 0.2) is 0 Å². The van der Waals surface area contributed by atoms with Gasteiger partial charge in [0, 0.05) is 24.2 Å². The number of nitrogens with zero attached hydrogens (tertiary/aromatic N) is 2. The summed E-state index contributed by atoms with van der Waals surface area (Å²) in [4.78, 5) is 7.77. The highest BCUT2D eigenvalue weighted by Gasteiger charge is 2.08. The molecule has 0 radical (unpaired) electrons. The molecule has 0 atom stereocenters. The Morgan fingerprint density at radius 2 is 2.12 bits per heavy atom. The lowest BCUT2D eigenvalue weighted by Gasteiger charge is -2.08. The summed E-state index contributed by atoms with van der Waals surface area (Å²) in [5.41, 5.74) is 2.20. The fourth-order valence-electron chi connectivity index (χ4n) is 0.601. The Kier molecular flexibility index (Phi) is 0.545. The molecule has 0 saturated carbocycles. The van der Waals surface area contributed by atoms with Gasteiger partial charge in [-0.25, -0.2) is 0 Å². The largest absolute Gasteiger partial charge is 0.263 e. The van der Waals surface area contributed by atoms with Gasteiger partial charge in [-0.15, -0.1) is 0 Å². The zero-order valence-electron chi connectivity index (χ0n) is 4.20. The van der Waals surface area contributed by atoms with Gasteiger partial charge in [-0.3, -0.25) is 9.98 Å². The minimum atomic E-state index is 1.06. The zero-order chi connectivity index (χ0) is 5.40. The average molecular weight is 104 g/mol. The Morgan fingerprint density at radius 3 is 2.25 bits per heavy atom. The number of rotatable bonds is 1. The second-order valence-electron chi connectivity index (χ2n) is 1.69. The Labute approximate surface area is 47.0 Å². The molecule has 0 bridgehead atoms. The van der Waals surface area contributed by atoms with Crippen molar-refractivity contribution in [1.82, 2.24) is 0 Å². The van der Waals surface area contributed by atoms with Gasteiger partial charge >= 0.3 is 0 Å². The molecule has 38 valence electrons. The molecule has 2 heterocycles. The first-order valence-corrected chi connectivity index (χ1v) is 2.45. The van der Waals surface area contributed by atoms with E-state index in [1.807, 2.05) is 18.5 Å². The normalized spacial score (nSPS) is 21.0. The highest BCUT2D eigenvalue weighted by Crippen LogP contribution is 2.10. The number of hydrogen-bond acceptors (Lipinski definition) is 2. The predicted molar refractivity (Wildman–Crippen MR) is 33.1 cm³/mol. The van der Waals surface area contributed by atoms with Crippen molar-refractivity contribution in [3.05, 3.63) is 24.0 Å². The Bertz CT molecular complexity index is 205. The third-order valence-corrected chi connectivity index (χ3v) is 1.17. The van der Waals surface area contributed by atoms with Crippen molar-refractivity contribution in [2.75, 3.05) is 0 Å². The molecule has 0 aromatic carbocycles. The average Bonchev–Trinajstić information content (AvgIpc) is 1.47. The molecule has 8 heavy (non-hydrogen) atoms. The van der Waals surface area contributed by atoms with Crippen molar-refractivity contribution in [2.24, 2.45) is 9.98 Å². The maximum absolute atomic E-state index is 3.97. The molecule has 0 fully saturated rings. The SMILES string of the molecule is C1=CC(C2=CN=C2)=N1. The minimum Gasteiger partial charge on any atom is -0.263 e. The minimum absolute atomic E-state index is 1.06. The van der Waals surface area contributed by atoms with E-state index in [9.17, 15) is 0 Å². The van der Waals surface area contributed by atoms with E-state index in [0.717, 1.165) is 11.3 Å². The molecule has 2 heteroatoms. The number of aliphatic imine (C=N–C) groups is 2. The maximum Gasteiger partial charge on any atom is 0.0748 e. The quantitative estimate of drug-likeness (QED) is 0.472.